The summed E-state index contributed by atoms with van der Waals surface area (Å²) in [4.78, 5) is 22.8. The fourth-order valence-electron chi connectivity index (χ4n) is 3.01. The van der Waals surface area contributed by atoms with E-state index >= 15 is 0 Å². The summed E-state index contributed by atoms with van der Waals surface area (Å²) < 4.78 is 43.6. The number of carboxylic acid groups (broad SMARTS) is 1. The Hall–Kier alpha value is -3.03. The van der Waals surface area contributed by atoms with Crippen LogP contribution in [0.25, 0.3) is 0 Å². The second-order valence-corrected chi connectivity index (χ2v) is 6.62. The lowest BCUT2D eigenvalue weighted by Gasteiger charge is -2.09. The summed E-state index contributed by atoms with van der Waals surface area (Å²) in [6.07, 6.45) is -3.90. The lowest BCUT2D eigenvalue weighted by atomic mass is 10.1. The maximum absolute atomic E-state index is 12.8. The number of nitrogens with one attached hydrogen (secondary N) is 1. The van der Waals surface area contributed by atoms with Gasteiger partial charge in [-0.05, 0) is 41.7 Å². The van der Waals surface area contributed by atoms with Gasteiger partial charge in [-0.2, -0.15) is 13.2 Å². The number of carbonyl (C=O) groups excluding carboxylic acids is 1. The van der Waals surface area contributed by atoms with E-state index in [9.17, 15) is 22.8 Å². The van der Waals surface area contributed by atoms with Crippen LogP contribution in [-0.4, -0.2) is 23.6 Å². The third-order valence-electron chi connectivity index (χ3n) is 4.50. The minimum absolute atomic E-state index is 0.215. The third-order valence-corrected chi connectivity index (χ3v) is 4.50. The smallest absolute Gasteiger partial charge is 0.416 e. The minimum atomic E-state index is -4.41. The molecule has 148 valence electrons. The van der Waals surface area contributed by atoms with Crippen molar-refractivity contribution in [2.24, 2.45) is 5.92 Å². The zero-order valence-corrected chi connectivity index (χ0v) is 14.7. The van der Waals surface area contributed by atoms with Crippen LogP contribution in [0.1, 0.15) is 29.0 Å². The van der Waals surface area contributed by atoms with Gasteiger partial charge in [0, 0.05) is 12.5 Å². The molecule has 0 saturated heterocycles. The number of ether oxygens (including phenoxy) is 1. The van der Waals surface area contributed by atoms with E-state index in [2.05, 4.69) is 5.32 Å². The Balaban J connectivity index is 1.55. The predicted molar refractivity (Wildman–Crippen MR) is 93.7 cm³/mol. The number of halogens is 3. The first-order valence-corrected chi connectivity index (χ1v) is 8.62. The van der Waals surface area contributed by atoms with E-state index in [0.717, 1.165) is 17.7 Å². The van der Waals surface area contributed by atoms with Gasteiger partial charge in [-0.25, -0.2) is 4.79 Å². The fraction of sp³-hybridized carbons (Fsp3) is 0.300. The molecule has 1 saturated carbocycles. The SMILES string of the molecule is O=C(O)COc1cccc(CNC(=O)C2CC2c2cccc(C(F)(F)F)c2)c1. The van der Waals surface area contributed by atoms with E-state index in [1.54, 1.807) is 30.3 Å². The molecule has 1 fully saturated rings. The van der Waals surface area contributed by atoms with Crippen molar-refractivity contribution in [3.8, 4) is 5.75 Å². The van der Waals surface area contributed by atoms with Crippen molar-refractivity contribution in [2.75, 3.05) is 6.61 Å². The number of rotatable bonds is 7. The lowest BCUT2D eigenvalue weighted by molar-refractivity contribution is -0.139. The molecule has 2 atom stereocenters. The Labute approximate surface area is 159 Å². The molecule has 2 N–H and O–H groups in total. The highest BCUT2D eigenvalue weighted by Gasteiger charge is 2.44. The van der Waals surface area contributed by atoms with Gasteiger partial charge in [0.05, 0.1) is 5.56 Å². The molecule has 0 aromatic heterocycles. The molecule has 0 spiro atoms. The molecule has 1 amide bonds. The normalized spacial score (nSPS) is 18.4. The first-order valence-electron chi connectivity index (χ1n) is 8.62. The number of alkyl halides is 3. The molecular weight excluding hydrogens is 375 g/mol. The summed E-state index contributed by atoms with van der Waals surface area (Å²) in [6.45, 7) is -0.245. The molecule has 2 aromatic carbocycles. The zero-order valence-electron chi connectivity index (χ0n) is 14.7. The van der Waals surface area contributed by atoms with Gasteiger partial charge in [-0.15, -0.1) is 0 Å². The van der Waals surface area contributed by atoms with Gasteiger partial charge in [0.15, 0.2) is 6.61 Å². The first-order chi connectivity index (χ1) is 13.2. The topological polar surface area (TPSA) is 75.6 Å². The van der Waals surface area contributed by atoms with Gasteiger partial charge in [-0.1, -0.05) is 30.3 Å². The van der Waals surface area contributed by atoms with Crippen LogP contribution in [0.4, 0.5) is 13.2 Å². The largest absolute Gasteiger partial charge is 0.482 e. The fourth-order valence-corrected chi connectivity index (χ4v) is 3.01. The van der Waals surface area contributed by atoms with Crippen LogP contribution in [0.2, 0.25) is 0 Å². The van der Waals surface area contributed by atoms with Crippen LogP contribution >= 0.6 is 0 Å². The van der Waals surface area contributed by atoms with E-state index in [4.69, 9.17) is 9.84 Å². The average molecular weight is 393 g/mol. The van der Waals surface area contributed by atoms with Crippen molar-refractivity contribution in [1.29, 1.82) is 0 Å². The molecule has 0 heterocycles. The molecule has 0 bridgehead atoms. The predicted octanol–water partition coefficient (Wildman–Crippen LogP) is 3.59. The second-order valence-electron chi connectivity index (χ2n) is 6.62. The first kappa shape index (κ1) is 19.7. The van der Waals surface area contributed by atoms with Crippen molar-refractivity contribution in [1.82, 2.24) is 5.32 Å². The number of carboxylic acids is 1. The molecule has 1 aliphatic rings. The standard InChI is InChI=1S/C20H18F3NO4/c21-20(22,23)14-5-2-4-13(8-14)16-9-17(16)19(27)24-10-12-3-1-6-15(7-12)28-11-18(25)26/h1-8,16-17H,9-11H2,(H,24,27)(H,25,26). The van der Waals surface area contributed by atoms with Gasteiger partial charge < -0.3 is 15.2 Å². The van der Waals surface area contributed by atoms with Crippen LogP contribution in [0.5, 0.6) is 5.75 Å². The molecule has 3 rings (SSSR count). The van der Waals surface area contributed by atoms with Gasteiger partial charge in [0.2, 0.25) is 5.91 Å². The molecule has 8 heteroatoms. The zero-order chi connectivity index (χ0) is 20.3. The Kier molecular flexibility index (Phi) is 5.58. The number of hydrogen-bond donors (Lipinski definition) is 2. The summed E-state index contributed by atoms with van der Waals surface area (Å²) in [6, 6.07) is 11.7. The van der Waals surface area contributed by atoms with Crippen molar-refractivity contribution < 1.29 is 32.6 Å². The molecule has 0 radical (unpaired) electrons. The van der Waals surface area contributed by atoms with E-state index < -0.39 is 24.3 Å². The Morgan fingerprint density at radius 3 is 2.61 bits per heavy atom. The van der Waals surface area contributed by atoms with E-state index in [0.29, 0.717) is 17.7 Å². The maximum Gasteiger partial charge on any atom is 0.416 e. The van der Waals surface area contributed by atoms with Gasteiger partial charge in [-0.3, -0.25) is 4.79 Å². The Morgan fingerprint density at radius 1 is 1.14 bits per heavy atom. The van der Waals surface area contributed by atoms with Crippen molar-refractivity contribution >= 4 is 11.9 Å². The molecular formula is C20H18F3NO4. The highest BCUT2D eigenvalue weighted by Crippen LogP contribution is 2.48. The van der Waals surface area contributed by atoms with Crippen LogP contribution in [0.3, 0.4) is 0 Å². The molecule has 1 aliphatic carbocycles. The third kappa shape index (κ3) is 5.03. The van der Waals surface area contributed by atoms with Crippen LogP contribution < -0.4 is 10.1 Å². The maximum atomic E-state index is 12.8. The Morgan fingerprint density at radius 2 is 1.89 bits per heavy atom. The van der Waals surface area contributed by atoms with Gasteiger partial charge >= 0.3 is 12.1 Å². The highest BCUT2D eigenvalue weighted by atomic mass is 19.4. The van der Waals surface area contributed by atoms with Crippen molar-refractivity contribution in [3.63, 3.8) is 0 Å². The summed E-state index contributed by atoms with van der Waals surface area (Å²) in [5.74, 6) is -1.50. The minimum Gasteiger partial charge on any atom is -0.482 e. The van der Waals surface area contributed by atoms with Crippen LogP contribution in [0, 0.1) is 5.92 Å². The summed E-state index contributed by atoms with van der Waals surface area (Å²) in [5.41, 5.74) is 0.529. The molecule has 5 nitrogen and oxygen atoms in total. The molecule has 2 aromatic rings. The number of benzene rings is 2. The molecule has 0 aliphatic heterocycles. The highest BCUT2D eigenvalue weighted by molar-refractivity contribution is 5.82. The Bertz CT molecular complexity index is 882. The second kappa shape index (κ2) is 7.92. The van der Waals surface area contributed by atoms with Gasteiger partial charge in [0.25, 0.3) is 0 Å². The summed E-state index contributed by atoms with van der Waals surface area (Å²) >= 11 is 0. The number of hydrogen-bond acceptors (Lipinski definition) is 3. The van der Waals surface area contributed by atoms with Crippen LogP contribution in [0.15, 0.2) is 48.5 Å². The van der Waals surface area contributed by atoms with Crippen molar-refractivity contribution in [2.45, 2.75) is 25.1 Å². The quantitative estimate of drug-likeness (QED) is 0.754. The van der Waals surface area contributed by atoms with E-state index in [-0.39, 0.29) is 24.3 Å². The van der Waals surface area contributed by atoms with Crippen LogP contribution in [-0.2, 0) is 22.3 Å². The number of amides is 1. The van der Waals surface area contributed by atoms with Crippen molar-refractivity contribution in [3.05, 3.63) is 65.2 Å². The molecule has 2 unspecified atom stereocenters. The monoisotopic (exact) mass is 393 g/mol. The number of carbonyl (C=O) groups is 2. The van der Waals surface area contributed by atoms with E-state index in [1.165, 1.54) is 6.07 Å². The lowest BCUT2D eigenvalue weighted by Crippen LogP contribution is -2.24. The van der Waals surface area contributed by atoms with E-state index in [1.807, 2.05) is 0 Å². The summed E-state index contributed by atoms with van der Waals surface area (Å²) in [7, 11) is 0. The summed E-state index contributed by atoms with van der Waals surface area (Å²) in [5, 5.41) is 11.4. The molecule has 28 heavy (non-hydrogen) atoms. The van der Waals surface area contributed by atoms with Gasteiger partial charge in [0.1, 0.15) is 5.75 Å². The number of aliphatic carboxylic acids is 1. The average Bonchev–Trinajstić information content (AvgIpc) is 3.45.